The maximum Gasteiger partial charge on any atom is 0.404 e. The van der Waals surface area contributed by atoms with Gasteiger partial charge in [0, 0.05) is 69.2 Å². The van der Waals surface area contributed by atoms with Gasteiger partial charge in [0.15, 0.2) is 0 Å². The molecule has 46 heavy (non-hydrogen) atoms. The Morgan fingerprint density at radius 1 is 1.07 bits per heavy atom. The summed E-state index contributed by atoms with van der Waals surface area (Å²) < 4.78 is 14.1. The molecule has 11 heteroatoms. The number of furan rings is 1. The average molecular weight is 636 g/mol. The van der Waals surface area contributed by atoms with Crippen LogP contribution in [0.25, 0.3) is 22.1 Å². The summed E-state index contributed by atoms with van der Waals surface area (Å²) in [5.41, 5.74) is 2.14. The molecule has 4 heterocycles. The van der Waals surface area contributed by atoms with Crippen LogP contribution in [0.4, 0.5) is 4.79 Å². The number of amides is 2. The van der Waals surface area contributed by atoms with Gasteiger partial charge < -0.3 is 29.0 Å². The fourth-order valence-electron chi connectivity index (χ4n) is 6.25. The minimum atomic E-state index is -0.956. The highest BCUT2D eigenvalue weighted by atomic mass is 16.5. The van der Waals surface area contributed by atoms with Crippen LogP contribution in [-0.4, -0.2) is 75.3 Å². The van der Waals surface area contributed by atoms with E-state index in [1.165, 1.54) is 12.8 Å². The molecule has 1 saturated heterocycles. The summed E-state index contributed by atoms with van der Waals surface area (Å²) in [5, 5.41) is 11.5. The van der Waals surface area contributed by atoms with E-state index >= 15 is 0 Å². The van der Waals surface area contributed by atoms with Gasteiger partial charge in [0.2, 0.25) is 5.91 Å². The molecule has 1 atom stereocenters. The summed E-state index contributed by atoms with van der Waals surface area (Å²) in [7, 11) is 1.76. The maximum atomic E-state index is 13.1. The number of pyridine rings is 2. The summed E-state index contributed by atoms with van der Waals surface area (Å²) in [6.45, 7) is 6.02. The zero-order valence-electron chi connectivity index (χ0n) is 27.3. The number of unbranched alkanes of at least 4 members (excludes halogenated alkanes) is 7. The summed E-state index contributed by atoms with van der Waals surface area (Å²) in [5.74, 6) is 2.26. The molecule has 11 nitrogen and oxygen atoms in total. The molecule has 3 aromatic rings. The molecular formula is C35H49N5O6. The molecule has 250 valence electrons. The van der Waals surface area contributed by atoms with Crippen molar-refractivity contribution in [2.24, 2.45) is 13.0 Å². The SMILES string of the molecule is CC1CN(C(=O)CCCCCCCCCCNC(=O)O)CCN1Cc1cc2c(=O)n(C)cc(-c3ccncc3OCC3CC3)c2o1. The van der Waals surface area contributed by atoms with Crippen molar-refractivity contribution in [3.05, 3.63) is 46.8 Å². The van der Waals surface area contributed by atoms with Crippen molar-refractivity contribution in [1.29, 1.82) is 0 Å². The number of nitrogens with one attached hydrogen (secondary N) is 1. The Morgan fingerprint density at radius 3 is 2.52 bits per heavy atom. The molecule has 1 aliphatic carbocycles. The van der Waals surface area contributed by atoms with Crippen LogP contribution in [0, 0.1) is 5.92 Å². The van der Waals surface area contributed by atoms with E-state index in [9.17, 15) is 14.4 Å². The summed E-state index contributed by atoms with van der Waals surface area (Å²) in [6.07, 6.45) is 15.8. The number of ether oxygens (including phenoxy) is 1. The predicted octanol–water partition coefficient (Wildman–Crippen LogP) is 5.79. The van der Waals surface area contributed by atoms with Crippen molar-refractivity contribution in [3.8, 4) is 16.9 Å². The Morgan fingerprint density at radius 2 is 1.80 bits per heavy atom. The molecular weight excluding hydrogens is 586 g/mol. The molecule has 1 saturated carbocycles. The van der Waals surface area contributed by atoms with Crippen LogP contribution in [0.1, 0.15) is 83.3 Å². The van der Waals surface area contributed by atoms with Crippen LogP contribution < -0.4 is 15.6 Å². The molecule has 2 fully saturated rings. The number of aryl methyl sites for hydroxylation is 1. The minimum absolute atomic E-state index is 0.0998. The third-order valence-electron chi connectivity index (χ3n) is 9.22. The normalized spacial score (nSPS) is 17.0. The Bertz CT molecular complexity index is 1530. The van der Waals surface area contributed by atoms with E-state index in [1.54, 1.807) is 24.0 Å². The van der Waals surface area contributed by atoms with Crippen molar-refractivity contribution >= 4 is 23.0 Å². The van der Waals surface area contributed by atoms with Gasteiger partial charge in [-0.1, -0.05) is 38.5 Å². The van der Waals surface area contributed by atoms with Gasteiger partial charge in [-0.05, 0) is 50.7 Å². The Balaban J connectivity index is 1.10. The van der Waals surface area contributed by atoms with E-state index in [0.29, 0.717) is 61.8 Å². The molecule has 0 radical (unpaired) electrons. The lowest BCUT2D eigenvalue weighted by atomic mass is 10.1. The van der Waals surface area contributed by atoms with E-state index in [0.717, 1.165) is 74.8 Å². The molecule has 0 bridgehead atoms. The first-order valence-corrected chi connectivity index (χ1v) is 17.0. The first kappa shape index (κ1) is 33.5. The molecule has 5 rings (SSSR count). The quantitative estimate of drug-likeness (QED) is 0.178. The number of carbonyl (C=O) groups is 2. The zero-order valence-corrected chi connectivity index (χ0v) is 27.3. The van der Waals surface area contributed by atoms with Crippen molar-refractivity contribution in [2.45, 2.75) is 90.1 Å². The monoisotopic (exact) mass is 635 g/mol. The number of fused-ring (bicyclic) bond motifs is 1. The lowest BCUT2D eigenvalue weighted by molar-refractivity contribution is -0.134. The number of hydrogen-bond acceptors (Lipinski definition) is 7. The predicted molar refractivity (Wildman–Crippen MR) is 177 cm³/mol. The number of hydrogen-bond donors (Lipinski definition) is 2. The summed E-state index contributed by atoms with van der Waals surface area (Å²) in [6, 6.07) is 3.95. The Labute approximate surface area is 270 Å². The van der Waals surface area contributed by atoms with Crippen LogP contribution in [0.2, 0.25) is 0 Å². The van der Waals surface area contributed by atoms with Gasteiger partial charge in [-0.3, -0.25) is 19.5 Å². The van der Waals surface area contributed by atoms with Gasteiger partial charge in [-0.25, -0.2) is 4.79 Å². The van der Waals surface area contributed by atoms with Gasteiger partial charge in [0.1, 0.15) is 17.1 Å². The Hall–Kier alpha value is -3.86. The van der Waals surface area contributed by atoms with Gasteiger partial charge in [0.25, 0.3) is 5.56 Å². The van der Waals surface area contributed by atoms with Gasteiger partial charge in [0.05, 0.1) is 24.7 Å². The summed E-state index contributed by atoms with van der Waals surface area (Å²) in [4.78, 5) is 45.1. The smallest absolute Gasteiger partial charge is 0.404 e. The Kier molecular flexibility index (Phi) is 11.7. The van der Waals surface area contributed by atoms with Crippen LogP contribution >= 0.6 is 0 Å². The topological polar surface area (TPSA) is 130 Å². The number of piperazine rings is 1. The second-order valence-electron chi connectivity index (χ2n) is 13.0. The van der Waals surface area contributed by atoms with Crippen molar-refractivity contribution in [3.63, 3.8) is 0 Å². The largest absolute Gasteiger partial charge is 0.491 e. The third kappa shape index (κ3) is 9.11. The molecule has 0 spiro atoms. The fraction of sp³-hybridized carbons (Fsp3) is 0.600. The molecule has 2 amide bonds. The number of aromatic nitrogens is 2. The van der Waals surface area contributed by atoms with Crippen LogP contribution in [0.15, 0.2) is 39.9 Å². The highest BCUT2D eigenvalue weighted by Crippen LogP contribution is 2.37. The standard InChI is InChI=1S/C35H49N5O6/c1-25-21-40(32(41)11-9-7-5-3-4-6-8-10-15-37-35(43)44)18-17-39(25)22-27-19-29-33(46-27)30(23-38(2)34(29)42)28-14-16-36-20-31(28)45-24-26-12-13-26/h14,16,19-20,23,25-26,37H,3-13,15,17-18,21-22,24H2,1-2H3,(H,43,44). The van der Waals surface area contributed by atoms with Gasteiger partial charge in [-0.15, -0.1) is 0 Å². The first-order chi connectivity index (χ1) is 22.3. The molecule has 2 aliphatic rings. The maximum absolute atomic E-state index is 13.1. The first-order valence-electron chi connectivity index (χ1n) is 17.0. The fourth-order valence-corrected chi connectivity index (χ4v) is 6.25. The number of nitrogens with zero attached hydrogens (tertiary/aromatic N) is 4. The van der Waals surface area contributed by atoms with Crippen molar-refractivity contribution < 1.29 is 23.8 Å². The zero-order chi connectivity index (χ0) is 32.5. The van der Waals surface area contributed by atoms with Crippen molar-refractivity contribution in [1.82, 2.24) is 24.7 Å². The highest BCUT2D eigenvalue weighted by Gasteiger charge is 2.28. The molecule has 2 N–H and O–H groups in total. The average Bonchev–Trinajstić information content (AvgIpc) is 3.78. The van der Waals surface area contributed by atoms with Crippen LogP contribution in [-0.2, 0) is 18.4 Å². The van der Waals surface area contributed by atoms with E-state index in [2.05, 4.69) is 22.1 Å². The second-order valence-corrected chi connectivity index (χ2v) is 13.0. The van der Waals surface area contributed by atoms with E-state index < -0.39 is 6.09 Å². The molecule has 0 aromatic carbocycles. The van der Waals surface area contributed by atoms with E-state index in [1.807, 2.05) is 23.2 Å². The second kappa shape index (κ2) is 16.1. The third-order valence-corrected chi connectivity index (χ3v) is 9.22. The van der Waals surface area contributed by atoms with Gasteiger partial charge >= 0.3 is 6.09 Å². The minimum Gasteiger partial charge on any atom is -0.491 e. The molecule has 3 aromatic heterocycles. The number of rotatable bonds is 17. The van der Waals surface area contributed by atoms with Crippen LogP contribution in [0.3, 0.4) is 0 Å². The number of carboxylic acid groups (broad SMARTS) is 1. The van der Waals surface area contributed by atoms with Gasteiger partial charge in [-0.2, -0.15) is 0 Å². The number of carbonyl (C=O) groups excluding carboxylic acids is 1. The molecule has 1 aliphatic heterocycles. The van der Waals surface area contributed by atoms with E-state index in [-0.39, 0.29) is 17.5 Å². The van der Waals surface area contributed by atoms with Crippen molar-refractivity contribution in [2.75, 3.05) is 32.8 Å². The van der Waals surface area contributed by atoms with Crippen LogP contribution in [0.5, 0.6) is 5.75 Å². The lowest BCUT2D eigenvalue weighted by Crippen LogP contribution is -2.53. The summed E-state index contributed by atoms with van der Waals surface area (Å²) >= 11 is 0. The highest BCUT2D eigenvalue weighted by molar-refractivity contribution is 5.93. The van der Waals surface area contributed by atoms with E-state index in [4.69, 9.17) is 14.3 Å². The lowest BCUT2D eigenvalue weighted by Gasteiger charge is -2.39. The molecule has 1 unspecified atom stereocenters.